The van der Waals surface area contributed by atoms with Crippen LogP contribution in [0.5, 0.6) is 0 Å². The van der Waals surface area contributed by atoms with Gasteiger partial charge in [-0.3, -0.25) is 14.4 Å². The monoisotopic (exact) mass is 584 g/mol. The van der Waals surface area contributed by atoms with E-state index >= 15 is 0 Å². The molecule has 0 radical (unpaired) electrons. The third-order valence-corrected chi connectivity index (χ3v) is 8.86. The van der Waals surface area contributed by atoms with Crippen molar-refractivity contribution in [2.45, 2.75) is 75.8 Å². The number of likely N-dealkylation sites (N-methyl/N-ethyl adjacent to an activating group) is 1. The lowest BCUT2D eigenvalue weighted by Gasteiger charge is -2.29. The smallest absolute Gasteiger partial charge is 0.328 e. The van der Waals surface area contributed by atoms with E-state index in [2.05, 4.69) is 16.8 Å². The summed E-state index contributed by atoms with van der Waals surface area (Å²) in [5, 5.41) is 15.9. The average molecular weight is 585 g/mol. The number of anilines is 1. The van der Waals surface area contributed by atoms with Gasteiger partial charge in [0, 0.05) is 48.5 Å². The molecule has 2 aromatic carbocycles. The van der Waals surface area contributed by atoms with Crippen LogP contribution < -0.4 is 10.6 Å². The number of hydrogen-bond acceptors (Lipinski definition) is 4. The van der Waals surface area contributed by atoms with Gasteiger partial charge in [0.25, 0.3) is 5.91 Å². The molecule has 3 amide bonds. The van der Waals surface area contributed by atoms with Crippen molar-refractivity contribution in [2.24, 2.45) is 0 Å². The molecule has 5 rings (SSSR count). The van der Waals surface area contributed by atoms with E-state index in [1.165, 1.54) is 30.9 Å². The Morgan fingerprint density at radius 2 is 1.67 bits per heavy atom. The van der Waals surface area contributed by atoms with Gasteiger partial charge in [-0.15, -0.1) is 0 Å². The molecule has 43 heavy (non-hydrogen) atoms. The molecule has 1 aromatic heterocycles. The first-order valence-electron chi connectivity index (χ1n) is 15.1. The van der Waals surface area contributed by atoms with Gasteiger partial charge in [-0.1, -0.05) is 50.3 Å². The first-order valence-corrected chi connectivity index (χ1v) is 15.1. The molecule has 0 aliphatic heterocycles. The Labute approximate surface area is 251 Å². The SMILES string of the molecule is CN(C)C(=O)Cn1cc(C2CCCCC2)c2ccc(C(=O)NC3(C(=O)Nc4ccc(/C=C/C(=O)O)cc4)CCCC3)cc21. The normalized spacial score (nSPS) is 16.8. The molecule has 2 saturated carbocycles. The topological polar surface area (TPSA) is 121 Å². The third kappa shape index (κ3) is 6.82. The van der Waals surface area contributed by atoms with Gasteiger partial charge in [-0.25, -0.2) is 4.79 Å². The van der Waals surface area contributed by atoms with Crippen LogP contribution in [-0.4, -0.2) is 57.9 Å². The molecule has 0 spiro atoms. The zero-order valence-corrected chi connectivity index (χ0v) is 24.9. The summed E-state index contributed by atoms with van der Waals surface area (Å²) in [6.45, 7) is 0.193. The third-order valence-electron chi connectivity index (χ3n) is 8.86. The van der Waals surface area contributed by atoms with Crippen molar-refractivity contribution in [3.8, 4) is 0 Å². The Kier molecular flexibility index (Phi) is 8.99. The van der Waals surface area contributed by atoms with Crippen molar-refractivity contribution >= 4 is 46.4 Å². The number of carboxylic acid groups (broad SMARTS) is 1. The molecule has 3 aromatic rings. The molecule has 2 fully saturated rings. The van der Waals surface area contributed by atoms with Crippen LogP contribution in [0.4, 0.5) is 5.69 Å². The van der Waals surface area contributed by atoms with Crippen LogP contribution in [0.1, 0.15) is 85.2 Å². The van der Waals surface area contributed by atoms with E-state index in [4.69, 9.17) is 5.11 Å². The van der Waals surface area contributed by atoms with Crippen LogP contribution in [-0.2, 0) is 20.9 Å². The molecule has 0 saturated heterocycles. The number of aromatic nitrogens is 1. The van der Waals surface area contributed by atoms with Crippen molar-refractivity contribution < 1.29 is 24.3 Å². The van der Waals surface area contributed by atoms with E-state index in [-0.39, 0.29) is 24.3 Å². The summed E-state index contributed by atoms with van der Waals surface area (Å²) >= 11 is 0. The second-order valence-corrected chi connectivity index (χ2v) is 12.1. The van der Waals surface area contributed by atoms with E-state index < -0.39 is 11.5 Å². The molecule has 0 bridgehead atoms. The van der Waals surface area contributed by atoms with Crippen LogP contribution in [0.2, 0.25) is 0 Å². The second kappa shape index (κ2) is 12.9. The molecule has 2 aliphatic rings. The minimum absolute atomic E-state index is 0.0190. The zero-order chi connectivity index (χ0) is 30.6. The predicted molar refractivity (Wildman–Crippen MR) is 167 cm³/mol. The number of carbonyl (C=O) groups is 4. The lowest BCUT2D eigenvalue weighted by Crippen LogP contribution is -2.55. The molecule has 3 N–H and O–H groups in total. The lowest BCUT2D eigenvalue weighted by atomic mass is 9.84. The molecule has 226 valence electrons. The number of fused-ring (bicyclic) bond motifs is 1. The van der Waals surface area contributed by atoms with Crippen LogP contribution in [0.15, 0.2) is 54.7 Å². The highest BCUT2D eigenvalue weighted by Gasteiger charge is 2.42. The predicted octanol–water partition coefficient (Wildman–Crippen LogP) is 5.56. The van der Waals surface area contributed by atoms with Crippen molar-refractivity contribution in [3.63, 3.8) is 0 Å². The van der Waals surface area contributed by atoms with Crippen LogP contribution >= 0.6 is 0 Å². The average Bonchev–Trinajstić information content (AvgIpc) is 3.62. The Bertz CT molecular complexity index is 1540. The Balaban J connectivity index is 1.38. The summed E-state index contributed by atoms with van der Waals surface area (Å²) < 4.78 is 1.96. The van der Waals surface area contributed by atoms with Gasteiger partial charge in [-0.05, 0) is 73.1 Å². The minimum atomic E-state index is -1.04. The standard InChI is InChI=1S/C34H40N4O5/c1-37(2)30(39)22-38-21-28(24-8-4-3-5-9-24)27-16-13-25(20-29(27)38)32(42)36-34(18-6-7-19-34)33(43)35-26-14-10-23(11-15-26)12-17-31(40)41/h10-17,20-21,24H,3-9,18-19,22H2,1-2H3,(H,35,43)(H,36,42)(H,40,41)/b17-12+. The molecule has 1 heterocycles. The summed E-state index contributed by atoms with van der Waals surface area (Å²) in [7, 11) is 3.48. The number of nitrogens with one attached hydrogen (secondary N) is 2. The van der Waals surface area contributed by atoms with Crippen molar-refractivity contribution in [3.05, 3.63) is 71.4 Å². The maximum atomic E-state index is 13.7. The fourth-order valence-corrected chi connectivity index (χ4v) is 6.39. The minimum Gasteiger partial charge on any atom is -0.478 e. The van der Waals surface area contributed by atoms with Gasteiger partial charge in [0.1, 0.15) is 12.1 Å². The highest BCUT2D eigenvalue weighted by Crippen LogP contribution is 2.38. The number of aliphatic carboxylic acids is 1. The van der Waals surface area contributed by atoms with Gasteiger partial charge >= 0.3 is 5.97 Å². The van der Waals surface area contributed by atoms with Crippen LogP contribution in [0.3, 0.4) is 0 Å². The van der Waals surface area contributed by atoms with Gasteiger partial charge < -0.3 is 25.2 Å². The fourth-order valence-electron chi connectivity index (χ4n) is 6.39. The Morgan fingerprint density at radius 1 is 0.977 bits per heavy atom. The molecule has 9 heteroatoms. The van der Waals surface area contributed by atoms with Gasteiger partial charge in [-0.2, -0.15) is 0 Å². The molecule has 0 unspecified atom stereocenters. The van der Waals surface area contributed by atoms with E-state index in [1.807, 2.05) is 22.8 Å². The summed E-state index contributed by atoms with van der Waals surface area (Å²) in [5.74, 6) is -1.20. The highest BCUT2D eigenvalue weighted by molar-refractivity contribution is 6.05. The van der Waals surface area contributed by atoms with E-state index in [1.54, 1.807) is 43.3 Å². The summed E-state index contributed by atoms with van der Waals surface area (Å²) in [6.07, 6.45) is 13.3. The lowest BCUT2D eigenvalue weighted by molar-refractivity contribution is -0.131. The van der Waals surface area contributed by atoms with E-state index in [0.29, 0.717) is 35.6 Å². The number of nitrogens with zero attached hydrogens (tertiary/aromatic N) is 2. The second-order valence-electron chi connectivity index (χ2n) is 12.1. The van der Waals surface area contributed by atoms with Gasteiger partial charge in [0.15, 0.2) is 0 Å². The number of hydrogen-bond donors (Lipinski definition) is 3. The summed E-state index contributed by atoms with van der Waals surface area (Å²) in [4.78, 5) is 52.3. The highest BCUT2D eigenvalue weighted by atomic mass is 16.4. The van der Waals surface area contributed by atoms with E-state index in [9.17, 15) is 19.2 Å². The number of carbonyl (C=O) groups excluding carboxylic acids is 3. The summed E-state index contributed by atoms with van der Waals surface area (Å²) in [6, 6.07) is 12.5. The first kappa shape index (κ1) is 30.1. The molecular weight excluding hydrogens is 544 g/mol. The Morgan fingerprint density at radius 3 is 2.33 bits per heavy atom. The van der Waals surface area contributed by atoms with Crippen LogP contribution in [0, 0.1) is 0 Å². The number of carboxylic acids is 1. The number of rotatable bonds is 9. The van der Waals surface area contributed by atoms with Gasteiger partial charge in [0.05, 0.1) is 0 Å². The van der Waals surface area contributed by atoms with Gasteiger partial charge in [0.2, 0.25) is 11.8 Å². The number of benzene rings is 2. The quantitative estimate of drug-likeness (QED) is 0.285. The van der Waals surface area contributed by atoms with E-state index in [0.717, 1.165) is 42.7 Å². The first-order chi connectivity index (χ1) is 20.6. The maximum Gasteiger partial charge on any atom is 0.328 e. The Hall–Kier alpha value is -4.40. The van der Waals surface area contributed by atoms with Crippen molar-refractivity contribution in [2.75, 3.05) is 19.4 Å². The largest absolute Gasteiger partial charge is 0.478 e. The molecule has 9 nitrogen and oxygen atoms in total. The number of amides is 3. The van der Waals surface area contributed by atoms with Crippen molar-refractivity contribution in [1.82, 2.24) is 14.8 Å². The maximum absolute atomic E-state index is 13.7. The van der Waals surface area contributed by atoms with Crippen molar-refractivity contribution in [1.29, 1.82) is 0 Å². The molecule has 2 aliphatic carbocycles. The molecular formula is C34H40N4O5. The van der Waals surface area contributed by atoms with Crippen LogP contribution in [0.25, 0.3) is 17.0 Å². The fraction of sp³-hybridized carbons (Fsp3) is 0.412. The summed E-state index contributed by atoms with van der Waals surface area (Å²) in [5.41, 5.74) is 2.77. The zero-order valence-electron chi connectivity index (χ0n) is 24.9. The molecule has 0 atom stereocenters.